The molecule has 1 fully saturated rings. The van der Waals surface area contributed by atoms with Crippen LogP contribution < -0.4 is 16.0 Å². The zero-order chi connectivity index (χ0) is 15.8. The Morgan fingerprint density at radius 1 is 1.12 bits per heavy atom. The molecular formula is C15H25Cl2N5O2. The van der Waals surface area contributed by atoms with Gasteiger partial charge in [-0.05, 0) is 12.1 Å². The summed E-state index contributed by atoms with van der Waals surface area (Å²) < 4.78 is 0. The molecule has 136 valence electrons. The average molecular weight is 378 g/mol. The Morgan fingerprint density at radius 2 is 1.83 bits per heavy atom. The second-order valence-corrected chi connectivity index (χ2v) is 5.19. The number of hydrogen-bond donors (Lipinski definition) is 2. The Balaban J connectivity index is 0.00000264. The van der Waals surface area contributed by atoms with Gasteiger partial charge in [-0.25, -0.2) is 4.98 Å². The van der Waals surface area contributed by atoms with E-state index in [9.17, 15) is 9.59 Å². The Labute approximate surface area is 154 Å². The van der Waals surface area contributed by atoms with E-state index < -0.39 is 0 Å². The molecular weight excluding hydrogens is 353 g/mol. The highest BCUT2D eigenvalue weighted by Gasteiger charge is 2.21. The highest BCUT2D eigenvalue weighted by Crippen LogP contribution is 2.12. The Kier molecular flexibility index (Phi) is 11.1. The fourth-order valence-corrected chi connectivity index (χ4v) is 2.41. The minimum Gasteiger partial charge on any atom is -0.356 e. The number of carbonyl (C=O) groups excluding carboxylic acids is 2. The maximum absolute atomic E-state index is 12.1. The second-order valence-electron chi connectivity index (χ2n) is 5.19. The molecule has 24 heavy (non-hydrogen) atoms. The van der Waals surface area contributed by atoms with Gasteiger partial charge in [0.1, 0.15) is 5.82 Å². The van der Waals surface area contributed by atoms with Crippen molar-refractivity contribution >= 4 is 42.4 Å². The number of halogens is 2. The molecule has 0 spiro atoms. The van der Waals surface area contributed by atoms with Gasteiger partial charge in [-0.1, -0.05) is 6.07 Å². The molecule has 1 saturated heterocycles. The van der Waals surface area contributed by atoms with Gasteiger partial charge in [0.05, 0.1) is 0 Å². The van der Waals surface area contributed by atoms with Crippen LogP contribution in [0.4, 0.5) is 5.82 Å². The predicted octanol–water partition coefficient (Wildman–Crippen LogP) is 0.429. The fraction of sp³-hybridized carbons (Fsp3) is 0.533. The minimum atomic E-state index is -0.102. The third kappa shape index (κ3) is 6.90. The quantitative estimate of drug-likeness (QED) is 0.749. The number of nitrogens with one attached hydrogen (secondary N) is 1. The Morgan fingerprint density at radius 3 is 2.42 bits per heavy atom. The van der Waals surface area contributed by atoms with E-state index in [1.54, 1.807) is 6.20 Å². The molecule has 7 nitrogen and oxygen atoms in total. The molecule has 1 aromatic heterocycles. The largest absolute Gasteiger partial charge is 0.356 e. The van der Waals surface area contributed by atoms with Crippen molar-refractivity contribution in [3.05, 3.63) is 24.4 Å². The van der Waals surface area contributed by atoms with Crippen molar-refractivity contribution in [1.29, 1.82) is 0 Å². The first-order valence-electron chi connectivity index (χ1n) is 7.61. The van der Waals surface area contributed by atoms with Gasteiger partial charge in [0.25, 0.3) is 0 Å². The summed E-state index contributed by atoms with van der Waals surface area (Å²) in [7, 11) is 0. The van der Waals surface area contributed by atoms with E-state index in [1.807, 2.05) is 23.1 Å². The summed E-state index contributed by atoms with van der Waals surface area (Å²) in [6.45, 7) is 3.64. The first-order chi connectivity index (χ1) is 10.7. The van der Waals surface area contributed by atoms with Crippen LogP contribution in [0.25, 0.3) is 0 Å². The van der Waals surface area contributed by atoms with Gasteiger partial charge >= 0.3 is 0 Å². The van der Waals surface area contributed by atoms with E-state index in [0.29, 0.717) is 39.0 Å². The smallest absolute Gasteiger partial charge is 0.224 e. The summed E-state index contributed by atoms with van der Waals surface area (Å²) in [4.78, 5) is 31.7. The van der Waals surface area contributed by atoms with Gasteiger partial charge in [-0.2, -0.15) is 0 Å². The summed E-state index contributed by atoms with van der Waals surface area (Å²) in [5.41, 5.74) is 5.29. The third-order valence-electron chi connectivity index (χ3n) is 3.64. The molecule has 0 bridgehead atoms. The summed E-state index contributed by atoms with van der Waals surface area (Å²) in [5.74, 6) is 0.924. The molecule has 3 N–H and O–H groups in total. The van der Waals surface area contributed by atoms with Crippen molar-refractivity contribution in [3.8, 4) is 0 Å². The van der Waals surface area contributed by atoms with Crippen molar-refractivity contribution in [2.75, 3.05) is 44.2 Å². The minimum absolute atomic E-state index is 0. The first-order valence-corrected chi connectivity index (χ1v) is 7.61. The Bertz CT molecular complexity index is 496. The van der Waals surface area contributed by atoms with Crippen LogP contribution in [0.5, 0.6) is 0 Å². The summed E-state index contributed by atoms with van der Waals surface area (Å²) in [6, 6.07) is 5.83. The van der Waals surface area contributed by atoms with E-state index in [-0.39, 0.29) is 36.6 Å². The number of anilines is 1. The van der Waals surface area contributed by atoms with Crippen LogP contribution in [0.3, 0.4) is 0 Å². The number of hydrogen-bond acceptors (Lipinski definition) is 5. The van der Waals surface area contributed by atoms with Gasteiger partial charge in [0.15, 0.2) is 0 Å². The van der Waals surface area contributed by atoms with Crippen LogP contribution in [0.1, 0.15) is 12.8 Å². The molecule has 1 aromatic rings. The molecule has 0 radical (unpaired) electrons. The highest BCUT2D eigenvalue weighted by molar-refractivity contribution is 5.85. The lowest BCUT2D eigenvalue weighted by atomic mass is 10.2. The van der Waals surface area contributed by atoms with Gasteiger partial charge in [0, 0.05) is 58.3 Å². The monoisotopic (exact) mass is 377 g/mol. The third-order valence-corrected chi connectivity index (χ3v) is 3.64. The molecule has 1 aliphatic heterocycles. The van der Waals surface area contributed by atoms with E-state index in [2.05, 4.69) is 15.2 Å². The highest BCUT2D eigenvalue weighted by atomic mass is 35.5. The molecule has 9 heteroatoms. The number of piperazine rings is 1. The summed E-state index contributed by atoms with van der Waals surface area (Å²) >= 11 is 0. The lowest BCUT2D eigenvalue weighted by Crippen LogP contribution is -2.49. The molecule has 0 atom stereocenters. The number of nitrogens with zero attached hydrogens (tertiary/aromatic N) is 3. The lowest BCUT2D eigenvalue weighted by molar-refractivity contribution is -0.131. The number of nitrogens with two attached hydrogens (primary N) is 1. The van der Waals surface area contributed by atoms with Crippen LogP contribution in [0, 0.1) is 0 Å². The normalized spacial score (nSPS) is 13.5. The maximum atomic E-state index is 12.1. The van der Waals surface area contributed by atoms with Crippen LogP contribution in [-0.2, 0) is 9.59 Å². The number of pyridine rings is 1. The fourth-order valence-electron chi connectivity index (χ4n) is 2.41. The summed E-state index contributed by atoms with van der Waals surface area (Å²) in [6.07, 6.45) is 2.41. The molecule has 0 aliphatic carbocycles. The first kappa shape index (κ1) is 22.4. The van der Waals surface area contributed by atoms with Crippen LogP contribution in [0.15, 0.2) is 24.4 Å². The van der Waals surface area contributed by atoms with Crippen molar-refractivity contribution in [3.63, 3.8) is 0 Å². The van der Waals surface area contributed by atoms with Crippen molar-refractivity contribution in [1.82, 2.24) is 15.2 Å². The number of carbonyl (C=O) groups is 2. The van der Waals surface area contributed by atoms with Crippen LogP contribution >= 0.6 is 24.8 Å². The SMILES string of the molecule is Cl.Cl.NCCC(=O)NCCC(=O)N1CCN(c2ccccn2)CC1. The van der Waals surface area contributed by atoms with E-state index >= 15 is 0 Å². The maximum Gasteiger partial charge on any atom is 0.224 e. The van der Waals surface area contributed by atoms with E-state index in [4.69, 9.17) is 5.73 Å². The van der Waals surface area contributed by atoms with E-state index in [0.717, 1.165) is 18.9 Å². The predicted molar refractivity (Wildman–Crippen MR) is 98.8 cm³/mol. The summed E-state index contributed by atoms with van der Waals surface area (Å²) in [5, 5.41) is 2.70. The van der Waals surface area contributed by atoms with Gasteiger partial charge in [0.2, 0.25) is 11.8 Å². The standard InChI is InChI=1S/C15H23N5O2.2ClH/c16-6-4-14(21)18-8-5-15(22)20-11-9-19(10-12-20)13-3-1-2-7-17-13;;/h1-3,7H,4-6,8-12,16H2,(H,18,21);2*1H. The molecule has 2 heterocycles. The van der Waals surface area contributed by atoms with Gasteiger partial charge < -0.3 is 20.9 Å². The number of rotatable bonds is 6. The number of aromatic nitrogens is 1. The zero-order valence-electron chi connectivity index (χ0n) is 13.5. The molecule has 0 unspecified atom stereocenters. The van der Waals surface area contributed by atoms with Gasteiger partial charge in [-0.15, -0.1) is 24.8 Å². The van der Waals surface area contributed by atoms with Crippen LogP contribution in [-0.4, -0.2) is 61.0 Å². The van der Waals surface area contributed by atoms with E-state index in [1.165, 1.54) is 0 Å². The van der Waals surface area contributed by atoms with Crippen molar-refractivity contribution in [2.24, 2.45) is 5.73 Å². The second kappa shape index (κ2) is 11.9. The zero-order valence-corrected chi connectivity index (χ0v) is 15.2. The lowest BCUT2D eigenvalue weighted by Gasteiger charge is -2.35. The molecule has 1 aliphatic rings. The topological polar surface area (TPSA) is 91.6 Å². The molecule has 2 rings (SSSR count). The van der Waals surface area contributed by atoms with Crippen molar-refractivity contribution in [2.45, 2.75) is 12.8 Å². The molecule has 0 saturated carbocycles. The van der Waals surface area contributed by atoms with Gasteiger partial charge in [-0.3, -0.25) is 9.59 Å². The van der Waals surface area contributed by atoms with Crippen LogP contribution in [0.2, 0.25) is 0 Å². The van der Waals surface area contributed by atoms with Crippen molar-refractivity contribution < 1.29 is 9.59 Å². The average Bonchev–Trinajstić information content (AvgIpc) is 2.56. The molecule has 2 amide bonds. The molecule has 0 aromatic carbocycles. The Hall–Kier alpha value is -1.57. The number of amides is 2.